The van der Waals surface area contributed by atoms with E-state index in [1.54, 1.807) is 14.0 Å². The van der Waals surface area contributed by atoms with Crippen molar-refractivity contribution in [2.75, 3.05) is 10.2 Å². The molecule has 0 spiro atoms. The van der Waals surface area contributed by atoms with Gasteiger partial charge in [0.15, 0.2) is 5.65 Å². The minimum absolute atomic E-state index is 0.0588. The van der Waals surface area contributed by atoms with Crippen LogP contribution in [0.4, 0.5) is 42.5 Å². The average molecular weight is 445 g/mol. The van der Waals surface area contributed by atoms with Crippen molar-refractivity contribution in [3.05, 3.63) is 47.3 Å². The van der Waals surface area contributed by atoms with Gasteiger partial charge in [-0.1, -0.05) is 0 Å². The number of hydrogen-bond acceptors (Lipinski definition) is 4. The van der Waals surface area contributed by atoms with Crippen molar-refractivity contribution >= 4 is 34.8 Å². The molecule has 3 amide bonds. The van der Waals surface area contributed by atoms with Crippen LogP contribution in [0.3, 0.4) is 0 Å². The van der Waals surface area contributed by atoms with E-state index in [1.165, 1.54) is 16.9 Å². The molecule has 2 aromatic heterocycles. The van der Waals surface area contributed by atoms with Gasteiger partial charge >= 0.3 is 18.4 Å². The van der Waals surface area contributed by atoms with E-state index < -0.39 is 35.2 Å². The molecular formula is C18H13F6N5O2. The number of halogens is 6. The molecule has 0 aliphatic carbocycles. The number of pyridine rings is 1. The van der Waals surface area contributed by atoms with Gasteiger partial charge in [-0.3, -0.25) is 9.48 Å². The van der Waals surface area contributed by atoms with Crippen LogP contribution in [0.2, 0.25) is 0 Å². The van der Waals surface area contributed by atoms with Crippen LogP contribution in [0.15, 0.2) is 30.5 Å². The van der Waals surface area contributed by atoms with Crippen molar-refractivity contribution in [1.82, 2.24) is 14.8 Å². The van der Waals surface area contributed by atoms with Gasteiger partial charge in [-0.25, -0.2) is 14.7 Å². The second-order valence-corrected chi connectivity index (χ2v) is 6.47. The van der Waals surface area contributed by atoms with Gasteiger partial charge in [-0.05, 0) is 31.2 Å². The number of fused-ring (bicyclic) bond motifs is 1. The van der Waals surface area contributed by atoms with Gasteiger partial charge in [0.25, 0.3) is 0 Å². The summed E-state index contributed by atoms with van der Waals surface area (Å²) in [5, 5.41) is 6.92. The van der Waals surface area contributed by atoms with Crippen molar-refractivity contribution in [3.8, 4) is 0 Å². The first-order valence-corrected chi connectivity index (χ1v) is 8.45. The summed E-state index contributed by atoms with van der Waals surface area (Å²) in [6, 6.07) is 0.628. The number of urea groups is 1. The van der Waals surface area contributed by atoms with E-state index in [2.05, 4.69) is 15.4 Å². The van der Waals surface area contributed by atoms with Crippen LogP contribution in [0.5, 0.6) is 0 Å². The molecule has 0 bridgehead atoms. The standard InChI is InChI=1S/C18H13F6N5O2/c1-9-14-6-12(7-25-15(14)28(2)27-9)26-16(31)29(8-30)13-4-10(17(19,20)21)3-11(5-13)18(22,23)24/h3-8H,1-2H3,(H,26,31). The number of imide groups is 1. The summed E-state index contributed by atoms with van der Waals surface area (Å²) in [5.74, 6) is 0. The molecule has 1 aromatic carbocycles. The number of rotatable bonds is 3. The third-order valence-corrected chi connectivity index (χ3v) is 4.29. The number of nitrogens with one attached hydrogen (secondary N) is 1. The van der Waals surface area contributed by atoms with Crippen molar-refractivity contribution in [2.24, 2.45) is 7.05 Å². The highest BCUT2D eigenvalue weighted by Crippen LogP contribution is 2.38. The number of nitrogens with zero attached hydrogens (tertiary/aromatic N) is 4. The third kappa shape index (κ3) is 4.44. The predicted molar refractivity (Wildman–Crippen MR) is 97.3 cm³/mol. The van der Waals surface area contributed by atoms with E-state index >= 15 is 0 Å². The van der Waals surface area contributed by atoms with Crippen LogP contribution < -0.4 is 10.2 Å². The van der Waals surface area contributed by atoms with Gasteiger partial charge in [-0.15, -0.1) is 0 Å². The van der Waals surface area contributed by atoms with Gasteiger partial charge < -0.3 is 5.32 Å². The highest BCUT2D eigenvalue weighted by atomic mass is 19.4. The Hall–Kier alpha value is -3.64. The first kappa shape index (κ1) is 22.1. The molecular weight excluding hydrogens is 432 g/mol. The first-order valence-electron chi connectivity index (χ1n) is 8.45. The molecule has 2 heterocycles. The predicted octanol–water partition coefficient (Wildman–Crippen LogP) is 4.51. The number of carbonyl (C=O) groups is 2. The molecule has 0 aliphatic heterocycles. The van der Waals surface area contributed by atoms with Crippen molar-refractivity contribution in [3.63, 3.8) is 0 Å². The SMILES string of the molecule is Cc1nn(C)c2ncc(NC(=O)N(C=O)c3cc(C(F)(F)F)cc(C(F)(F)F)c3)cc12. The summed E-state index contributed by atoms with van der Waals surface area (Å²) in [4.78, 5) is 28.1. The molecule has 7 nitrogen and oxygen atoms in total. The Morgan fingerprint density at radius 2 is 1.65 bits per heavy atom. The fraction of sp³-hybridized carbons (Fsp3) is 0.222. The molecule has 0 aliphatic rings. The summed E-state index contributed by atoms with van der Waals surface area (Å²) in [7, 11) is 1.64. The monoisotopic (exact) mass is 445 g/mol. The zero-order valence-electron chi connectivity index (χ0n) is 15.8. The maximum atomic E-state index is 13.0. The molecule has 164 valence electrons. The zero-order valence-corrected chi connectivity index (χ0v) is 15.8. The molecule has 3 rings (SSSR count). The van der Waals surface area contributed by atoms with E-state index in [0.717, 1.165) is 0 Å². The highest BCUT2D eigenvalue weighted by Gasteiger charge is 2.38. The van der Waals surface area contributed by atoms with Gasteiger partial charge in [0.05, 0.1) is 34.4 Å². The van der Waals surface area contributed by atoms with Crippen LogP contribution in [0.1, 0.15) is 16.8 Å². The molecule has 0 atom stereocenters. The summed E-state index contributed by atoms with van der Waals surface area (Å²) < 4.78 is 79.8. The van der Waals surface area contributed by atoms with E-state index in [1.807, 2.05) is 0 Å². The smallest absolute Gasteiger partial charge is 0.306 e. The molecule has 31 heavy (non-hydrogen) atoms. The van der Waals surface area contributed by atoms with Crippen molar-refractivity contribution in [2.45, 2.75) is 19.3 Å². The second kappa shape index (κ2) is 7.56. The van der Waals surface area contributed by atoms with E-state index in [4.69, 9.17) is 0 Å². The maximum absolute atomic E-state index is 13.0. The van der Waals surface area contributed by atoms with Crippen LogP contribution in [0.25, 0.3) is 11.0 Å². The lowest BCUT2D eigenvalue weighted by Crippen LogP contribution is -2.34. The van der Waals surface area contributed by atoms with Gasteiger partial charge in [0.2, 0.25) is 6.41 Å². The van der Waals surface area contributed by atoms with Gasteiger partial charge in [0.1, 0.15) is 0 Å². The largest absolute Gasteiger partial charge is 0.416 e. The lowest BCUT2D eigenvalue weighted by atomic mass is 10.1. The maximum Gasteiger partial charge on any atom is 0.416 e. The van der Waals surface area contributed by atoms with E-state index in [0.29, 0.717) is 16.7 Å². The molecule has 1 N–H and O–H groups in total. The topological polar surface area (TPSA) is 80.1 Å². The Morgan fingerprint density at radius 3 is 2.16 bits per heavy atom. The van der Waals surface area contributed by atoms with Crippen LogP contribution in [-0.2, 0) is 24.2 Å². The van der Waals surface area contributed by atoms with E-state index in [-0.39, 0.29) is 35.2 Å². The van der Waals surface area contributed by atoms with Gasteiger partial charge in [-0.2, -0.15) is 31.4 Å². The third-order valence-electron chi connectivity index (χ3n) is 4.29. The first-order chi connectivity index (χ1) is 14.3. The number of aryl methyl sites for hydroxylation is 2. The number of alkyl halides is 6. The lowest BCUT2D eigenvalue weighted by Gasteiger charge is -2.20. The number of aromatic nitrogens is 3. The molecule has 0 saturated carbocycles. The summed E-state index contributed by atoms with van der Waals surface area (Å²) in [5.41, 5.74) is -3.11. The molecule has 0 radical (unpaired) electrons. The Labute approximate surface area is 170 Å². The average Bonchev–Trinajstić information content (AvgIpc) is 2.94. The summed E-state index contributed by atoms with van der Waals surface area (Å²) >= 11 is 0. The number of hydrogen-bond donors (Lipinski definition) is 1. The molecule has 3 aromatic rings. The van der Waals surface area contributed by atoms with Crippen molar-refractivity contribution in [1.29, 1.82) is 0 Å². The fourth-order valence-corrected chi connectivity index (χ4v) is 2.86. The Bertz CT molecular complexity index is 1140. The minimum Gasteiger partial charge on any atom is -0.306 e. The second-order valence-electron chi connectivity index (χ2n) is 6.47. The van der Waals surface area contributed by atoms with Crippen molar-refractivity contribution < 1.29 is 35.9 Å². The summed E-state index contributed by atoms with van der Waals surface area (Å²) in [6.45, 7) is 1.68. The summed E-state index contributed by atoms with van der Waals surface area (Å²) in [6.07, 6.45) is -9.24. The Morgan fingerprint density at radius 1 is 1.06 bits per heavy atom. The van der Waals surface area contributed by atoms with Crippen LogP contribution >= 0.6 is 0 Å². The van der Waals surface area contributed by atoms with Crippen LogP contribution in [0, 0.1) is 6.92 Å². The lowest BCUT2D eigenvalue weighted by molar-refractivity contribution is -0.143. The molecule has 0 fully saturated rings. The Balaban J connectivity index is 1.98. The normalized spacial score (nSPS) is 12.1. The quantitative estimate of drug-likeness (QED) is 0.475. The fourth-order valence-electron chi connectivity index (χ4n) is 2.86. The number of amides is 3. The minimum atomic E-state index is -5.13. The molecule has 0 saturated heterocycles. The van der Waals surface area contributed by atoms with Gasteiger partial charge in [0, 0.05) is 12.4 Å². The Kier molecular flexibility index (Phi) is 5.38. The number of anilines is 2. The molecule has 0 unspecified atom stereocenters. The van der Waals surface area contributed by atoms with E-state index in [9.17, 15) is 35.9 Å². The highest BCUT2D eigenvalue weighted by molar-refractivity contribution is 6.12. The number of benzene rings is 1. The zero-order chi connectivity index (χ0) is 23.1. The molecule has 13 heteroatoms. The number of carbonyl (C=O) groups excluding carboxylic acids is 2. The van der Waals surface area contributed by atoms with Crippen LogP contribution in [-0.4, -0.2) is 27.2 Å².